The molecule has 3 rings (SSSR count). The van der Waals surface area contributed by atoms with Crippen LogP contribution in [-0.4, -0.2) is 74.8 Å². The maximum Gasteiger partial charge on any atom is 0.513 e. The summed E-state index contributed by atoms with van der Waals surface area (Å²) in [5, 5.41) is 0. The molecule has 1 fully saturated rings. The zero-order valence-corrected chi connectivity index (χ0v) is 19.0. The molecule has 2 amide bonds. The normalized spacial score (nSPS) is 13.7. The van der Waals surface area contributed by atoms with Gasteiger partial charge in [0, 0.05) is 37.3 Å². The smallest absolute Gasteiger partial charge is 0.493 e. The van der Waals surface area contributed by atoms with Crippen molar-refractivity contribution in [2.45, 2.75) is 13.3 Å². The Morgan fingerprint density at radius 3 is 1.94 bits per heavy atom. The minimum atomic E-state index is -0.789. The fourth-order valence-corrected chi connectivity index (χ4v) is 3.57. The van der Waals surface area contributed by atoms with Crippen LogP contribution in [0.2, 0.25) is 0 Å². The number of ether oxygens (including phenoxy) is 4. The van der Waals surface area contributed by atoms with Crippen LogP contribution in [0.15, 0.2) is 42.5 Å². The molecule has 2 aromatic rings. The number of nitrogens with zero attached hydrogens (tertiary/aromatic N) is 2. The Labute approximate surface area is 192 Å². The van der Waals surface area contributed by atoms with Crippen LogP contribution < -0.4 is 14.2 Å². The van der Waals surface area contributed by atoms with Gasteiger partial charge in [0.25, 0.3) is 11.8 Å². The van der Waals surface area contributed by atoms with E-state index >= 15 is 0 Å². The van der Waals surface area contributed by atoms with E-state index in [1.165, 1.54) is 7.11 Å². The minimum absolute atomic E-state index is 0.120. The number of hydrogen-bond acceptors (Lipinski definition) is 7. The molecule has 33 heavy (non-hydrogen) atoms. The van der Waals surface area contributed by atoms with E-state index in [4.69, 9.17) is 18.9 Å². The van der Waals surface area contributed by atoms with E-state index in [9.17, 15) is 14.4 Å². The maximum atomic E-state index is 13.0. The summed E-state index contributed by atoms with van der Waals surface area (Å²) >= 11 is 0. The Kier molecular flexibility index (Phi) is 8.12. The van der Waals surface area contributed by atoms with E-state index in [0.29, 0.717) is 61.0 Å². The standard InChI is InChI=1S/C24H28N2O7/c1-4-32-24(29)33-19-9-6-17(7-10-19)22(27)25-12-5-13-26(15-14-25)23(28)18-8-11-20(30-2)21(16-18)31-3/h6-11,16H,4-5,12-15H2,1-3H3. The van der Waals surface area contributed by atoms with Crippen LogP contribution in [0.5, 0.6) is 17.2 Å². The third-order valence-electron chi connectivity index (χ3n) is 5.27. The summed E-state index contributed by atoms with van der Waals surface area (Å²) < 4.78 is 20.3. The van der Waals surface area contributed by atoms with Gasteiger partial charge in [0.1, 0.15) is 5.75 Å². The van der Waals surface area contributed by atoms with Crippen LogP contribution >= 0.6 is 0 Å². The topological polar surface area (TPSA) is 94.6 Å². The molecule has 1 aliphatic rings. The average Bonchev–Trinajstić information content (AvgIpc) is 3.09. The van der Waals surface area contributed by atoms with E-state index in [1.54, 1.807) is 66.3 Å². The zero-order valence-electron chi connectivity index (χ0n) is 19.0. The fraction of sp³-hybridized carbons (Fsp3) is 0.375. The quantitative estimate of drug-likeness (QED) is 0.487. The maximum absolute atomic E-state index is 13.0. The summed E-state index contributed by atoms with van der Waals surface area (Å²) in [6, 6.07) is 11.4. The SMILES string of the molecule is CCOC(=O)Oc1ccc(C(=O)N2CCCN(C(=O)c3ccc(OC)c(OC)c3)CC2)cc1. The number of hydrogen-bond donors (Lipinski definition) is 0. The van der Waals surface area contributed by atoms with Crippen molar-refractivity contribution in [1.82, 2.24) is 9.80 Å². The monoisotopic (exact) mass is 456 g/mol. The van der Waals surface area contributed by atoms with E-state index in [1.807, 2.05) is 0 Å². The Morgan fingerprint density at radius 2 is 1.36 bits per heavy atom. The van der Waals surface area contributed by atoms with Crippen LogP contribution in [0.25, 0.3) is 0 Å². The highest BCUT2D eigenvalue weighted by molar-refractivity contribution is 5.96. The predicted octanol–water partition coefficient (Wildman–Crippen LogP) is 3.23. The van der Waals surface area contributed by atoms with Crippen molar-refractivity contribution in [3.05, 3.63) is 53.6 Å². The molecule has 0 spiro atoms. The van der Waals surface area contributed by atoms with Crippen LogP contribution in [-0.2, 0) is 4.74 Å². The lowest BCUT2D eigenvalue weighted by molar-refractivity contribution is 0.0718. The molecular formula is C24H28N2O7. The molecule has 1 aliphatic heterocycles. The van der Waals surface area contributed by atoms with Crippen molar-refractivity contribution in [2.24, 2.45) is 0 Å². The van der Waals surface area contributed by atoms with Gasteiger partial charge in [-0.1, -0.05) is 0 Å². The summed E-state index contributed by atoms with van der Waals surface area (Å²) in [6.07, 6.45) is -0.127. The Hall–Kier alpha value is -3.75. The second-order valence-electron chi connectivity index (χ2n) is 7.32. The van der Waals surface area contributed by atoms with Crippen molar-refractivity contribution >= 4 is 18.0 Å². The Bertz CT molecular complexity index is 991. The molecular weight excluding hydrogens is 428 g/mol. The molecule has 0 aliphatic carbocycles. The molecule has 0 N–H and O–H groups in total. The van der Waals surface area contributed by atoms with Gasteiger partial charge in [-0.3, -0.25) is 9.59 Å². The predicted molar refractivity (Wildman–Crippen MR) is 120 cm³/mol. The molecule has 2 aromatic carbocycles. The molecule has 9 heteroatoms. The largest absolute Gasteiger partial charge is 0.513 e. The summed E-state index contributed by atoms with van der Waals surface area (Å²) in [5.41, 5.74) is 0.982. The lowest BCUT2D eigenvalue weighted by Gasteiger charge is -2.22. The van der Waals surface area contributed by atoms with Gasteiger partial charge in [-0.15, -0.1) is 0 Å². The van der Waals surface area contributed by atoms with E-state index < -0.39 is 6.16 Å². The van der Waals surface area contributed by atoms with Crippen molar-refractivity contribution in [1.29, 1.82) is 0 Å². The van der Waals surface area contributed by atoms with E-state index in [-0.39, 0.29) is 18.4 Å². The minimum Gasteiger partial charge on any atom is -0.493 e. The van der Waals surface area contributed by atoms with Gasteiger partial charge < -0.3 is 28.7 Å². The Balaban J connectivity index is 1.62. The van der Waals surface area contributed by atoms with Gasteiger partial charge in [0.05, 0.1) is 20.8 Å². The number of benzene rings is 2. The second kappa shape index (κ2) is 11.2. The molecule has 1 saturated heterocycles. The van der Waals surface area contributed by atoms with Crippen molar-refractivity contribution in [3.8, 4) is 17.2 Å². The lowest BCUT2D eigenvalue weighted by Crippen LogP contribution is -2.37. The first-order valence-corrected chi connectivity index (χ1v) is 10.7. The van der Waals surface area contributed by atoms with Gasteiger partial charge in [-0.05, 0) is 55.8 Å². The lowest BCUT2D eigenvalue weighted by atomic mass is 10.1. The number of carbonyl (C=O) groups excluding carboxylic acids is 3. The van der Waals surface area contributed by atoms with Crippen molar-refractivity contribution in [2.75, 3.05) is 47.0 Å². The first-order chi connectivity index (χ1) is 16.0. The molecule has 176 valence electrons. The average molecular weight is 456 g/mol. The van der Waals surface area contributed by atoms with Crippen LogP contribution in [0.3, 0.4) is 0 Å². The van der Waals surface area contributed by atoms with Crippen molar-refractivity contribution in [3.63, 3.8) is 0 Å². The van der Waals surface area contributed by atoms with Gasteiger partial charge in [-0.25, -0.2) is 4.79 Å². The summed E-state index contributed by atoms with van der Waals surface area (Å²) in [5.74, 6) is 1.09. The summed E-state index contributed by atoms with van der Waals surface area (Å²) in [4.78, 5) is 40.8. The molecule has 0 saturated carbocycles. The first-order valence-electron chi connectivity index (χ1n) is 10.7. The summed E-state index contributed by atoms with van der Waals surface area (Å²) in [7, 11) is 3.07. The number of rotatable bonds is 6. The molecule has 1 heterocycles. The van der Waals surface area contributed by atoms with Gasteiger partial charge in [0.15, 0.2) is 11.5 Å². The van der Waals surface area contributed by atoms with E-state index in [0.717, 1.165) is 0 Å². The molecule has 0 bridgehead atoms. The number of carbonyl (C=O) groups is 3. The first kappa shape index (κ1) is 23.9. The number of methoxy groups -OCH3 is 2. The highest BCUT2D eigenvalue weighted by Gasteiger charge is 2.24. The van der Waals surface area contributed by atoms with Gasteiger partial charge in [-0.2, -0.15) is 0 Å². The zero-order chi connectivity index (χ0) is 23.8. The second-order valence-corrected chi connectivity index (χ2v) is 7.32. The van der Waals surface area contributed by atoms with Crippen molar-refractivity contribution < 1.29 is 33.3 Å². The molecule has 0 atom stereocenters. The molecule has 9 nitrogen and oxygen atoms in total. The van der Waals surface area contributed by atoms with Crippen LogP contribution in [0.1, 0.15) is 34.1 Å². The highest BCUT2D eigenvalue weighted by atomic mass is 16.7. The number of amides is 2. The fourth-order valence-electron chi connectivity index (χ4n) is 3.57. The molecule has 0 unspecified atom stereocenters. The highest BCUT2D eigenvalue weighted by Crippen LogP contribution is 2.28. The van der Waals surface area contributed by atoms with E-state index in [2.05, 4.69) is 0 Å². The molecule has 0 radical (unpaired) electrons. The van der Waals surface area contributed by atoms with Gasteiger partial charge >= 0.3 is 6.16 Å². The third kappa shape index (κ3) is 5.94. The summed E-state index contributed by atoms with van der Waals surface area (Å²) in [6.45, 7) is 3.82. The van der Waals surface area contributed by atoms with Gasteiger partial charge in [0.2, 0.25) is 0 Å². The third-order valence-corrected chi connectivity index (χ3v) is 5.27. The van der Waals surface area contributed by atoms with Crippen LogP contribution in [0.4, 0.5) is 4.79 Å². The molecule has 0 aromatic heterocycles. The Morgan fingerprint density at radius 1 is 0.788 bits per heavy atom. The van der Waals surface area contributed by atoms with Crippen LogP contribution in [0, 0.1) is 0 Å².